The average molecular weight is 363 g/mol. The van der Waals surface area contributed by atoms with Crippen LogP contribution in [0, 0.1) is 11.7 Å². The Morgan fingerprint density at radius 3 is 2.46 bits per heavy atom. The number of amides is 2. The van der Waals surface area contributed by atoms with E-state index in [4.69, 9.17) is 0 Å². The fourth-order valence-electron chi connectivity index (χ4n) is 3.31. The van der Waals surface area contributed by atoms with Crippen LogP contribution in [0.15, 0.2) is 24.3 Å². The minimum Gasteiger partial charge on any atom is -0.353 e. The van der Waals surface area contributed by atoms with Crippen molar-refractivity contribution in [3.63, 3.8) is 0 Å². The Labute approximate surface area is 155 Å². The number of rotatable bonds is 6. The van der Waals surface area contributed by atoms with Crippen LogP contribution in [0.5, 0.6) is 0 Å². The molecule has 1 aromatic rings. The molecule has 0 bridgehead atoms. The molecule has 2 rings (SSSR count). The molecule has 1 N–H and O–H groups in total. The third-order valence-corrected chi connectivity index (χ3v) is 4.66. The van der Waals surface area contributed by atoms with Crippen LogP contribution in [0.4, 0.5) is 4.39 Å². The molecule has 144 valence electrons. The predicted octanol–water partition coefficient (Wildman–Crippen LogP) is 2.41. The molecule has 0 aromatic heterocycles. The lowest BCUT2D eigenvalue weighted by Crippen LogP contribution is -2.48. The zero-order valence-electron chi connectivity index (χ0n) is 16.2. The molecule has 1 aliphatic heterocycles. The zero-order valence-corrected chi connectivity index (χ0v) is 16.2. The summed E-state index contributed by atoms with van der Waals surface area (Å²) in [6.07, 6.45) is 0.388. The minimum atomic E-state index is -0.279. The van der Waals surface area contributed by atoms with Crippen molar-refractivity contribution in [3.8, 4) is 0 Å². The van der Waals surface area contributed by atoms with Crippen molar-refractivity contribution in [1.82, 2.24) is 15.1 Å². The summed E-state index contributed by atoms with van der Waals surface area (Å²) in [7, 11) is 0. The van der Waals surface area contributed by atoms with Crippen molar-refractivity contribution < 1.29 is 14.0 Å². The number of hydrogen-bond donors (Lipinski definition) is 1. The smallest absolute Gasteiger partial charge is 0.234 e. The van der Waals surface area contributed by atoms with Gasteiger partial charge in [-0.3, -0.25) is 14.5 Å². The van der Waals surface area contributed by atoms with Crippen LogP contribution in [0.1, 0.15) is 39.7 Å². The third kappa shape index (κ3) is 5.80. The number of halogens is 1. The number of benzene rings is 1. The fourth-order valence-corrected chi connectivity index (χ4v) is 3.31. The van der Waals surface area contributed by atoms with Gasteiger partial charge in [0.05, 0.1) is 6.54 Å². The van der Waals surface area contributed by atoms with Gasteiger partial charge < -0.3 is 10.2 Å². The van der Waals surface area contributed by atoms with Crippen LogP contribution in [0.2, 0.25) is 0 Å². The van der Waals surface area contributed by atoms with Gasteiger partial charge in [-0.25, -0.2) is 4.39 Å². The molecule has 1 atom stereocenters. The van der Waals surface area contributed by atoms with Gasteiger partial charge in [0.2, 0.25) is 11.8 Å². The van der Waals surface area contributed by atoms with E-state index < -0.39 is 0 Å². The third-order valence-electron chi connectivity index (χ3n) is 4.66. The highest BCUT2D eigenvalue weighted by molar-refractivity contribution is 5.79. The molecule has 0 unspecified atom stereocenters. The van der Waals surface area contributed by atoms with Crippen molar-refractivity contribution in [2.24, 2.45) is 5.92 Å². The number of carbonyl (C=O) groups is 2. The summed E-state index contributed by atoms with van der Waals surface area (Å²) in [5.41, 5.74) is 0.913. The molecule has 0 aliphatic carbocycles. The van der Waals surface area contributed by atoms with Crippen molar-refractivity contribution in [3.05, 3.63) is 35.6 Å². The van der Waals surface area contributed by atoms with E-state index in [0.717, 1.165) is 5.56 Å². The summed E-state index contributed by atoms with van der Waals surface area (Å²) in [4.78, 5) is 28.8. The molecule has 1 aliphatic rings. The maximum absolute atomic E-state index is 13.1. The van der Waals surface area contributed by atoms with Crippen LogP contribution in [0.3, 0.4) is 0 Å². The van der Waals surface area contributed by atoms with Crippen LogP contribution >= 0.6 is 0 Å². The largest absolute Gasteiger partial charge is 0.353 e. The second kappa shape index (κ2) is 9.12. The van der Waals surface area contributed by atoms with Crippen LogP contribution in [-0.4, -0.2) is 53.3 Å². The van der Waals surface area contributed by atoms with E-state index in [1.54, 1.807) is 12.1 Å². The first-order chi connectivity index (χ1) is 12.3. The Hall–Kier alpha value is -1.95. The van der Waals surface area contributed by atoms with Gasteiger partial charge in [-0.15, -0.1) is 0 Å². The summed E-state index contributed by atoms with van der Waals surface area (Å²) < 4.78 is 13.1. The molecule has 2 amide bonds. The fraction of sp³-hybridized carbons (Fsp3) is 0.600. The topological polar surface area (TPSA) is 52.7 Å². The second-order valence-electron chi connectivity index (χ2n) is 7.67. The van der Waals surface area contributed by atoms with Gasteiger partial charge >= 0.3 is 0 Å². The second-order valence-corrected chi connectivity index (χ2v) is 7.67. The number of nitrogens with zero attached hydrogens (tertiary/aromatic N) is 2. The molecule has 0 saturated carbocycles. The maximum Gasteiger partial charge on any atom is 0.234 e. The Bertz CT molecular complexity index is 616. The van der Waals surface area contributed by atoms with Crippen molar-refractivity contribution in [2.45, 2.75) is 52.7 Å². The molecular weight excluding hydrogens is 333 g/mol. The van der Waals surface area contributed by atoms with Gasteiger partial charge in [0.1, 0.15) is 5.82 Å². The van der Waals surface area contributed by atoms with Gasteiger partial charge in [0.15, 0.2) is 0 Å². The monoisotopic (exact) mass is 363 g/mol. The van der Waals surface area contributed by atoms with E-state index in [9.17, 15) is 14.0 Å². The Morgan fingerprint density at radius 1 is 1.23 bits per heavy atom. The molecule has 1 heterocycles. The Balaban J connectivity index is 2.11. The van der Waals surface area contributed by atoms with E-state index in [1.165, 1.54) is 12.1 Å². The first kappa shape index (κ1) is 20.4. The lowest BCUT2D eigenvalue weighted by atomic mass is 10.0. The molecule has 1 aromatic carbocycles. The number of carbonyl (C=O) groups excluding carboxylic acids is 2. The molecule has 5 nitrogen and oxygen atoms in total. The van der Waals surface area contributed by atoms with Gasteiger partial charge in [-0.05, 0) is 37.5 Å². The summed E-state index contributed by atoms with van der Waals surface area (Å²) >= 11 is 0. The zero-order chi connectivity index (χ0) is 19.3. The normalized spacial score (nSPS) is 19.1. The molecule has 0 radical (unpaired) electrons. The molecule has 1 saturated heterocycles. The quantitative estimate of drug-likeness (QED) is 0.844. The highest BCUT2D eigenvalue weighted by Gasteiger charge is 2.32. The van der Waals surface area contributed by atoms with Crippen LogP contribution < -0.4 is 5.32 Å². The van der Waals surface area contributed by atoms with Crippen molar-refractivity contribution >= 4 is 11.8 Å². The SMILES string of the molecule is CC(C)NC(=O)CN1CCC(=O)N(Cc2ccc(F)cc2)[C@H](C(C)C)C1. The highest BCUT2D eigenvalue weighted by atomic mass is 19.1. The van der Waals surface area contributed by atoms with Crippen molar-refractivity contribution in [2.75, 3.05) is 19.6 Å². The maximum atomic E-state index is 13.1. The first-order valence-electron chi connectivity index (χ1n) is 9.32. The van der Waals surface area contributed by atoms with Crippen LogP contribution in [-0.2, 0) is 16.1 Å². The van der Waals surface area contributed by atoms with E-state index in [1.807, 2.05) is 18.7 Å². The molecule has 6 heteroatoms. The molecule has 0 spiro atoms. The summed E-state index contributed by atoms with van der Waals surface area (Å²) in [5, 5.41) is 2.91. The summed E-state index contributed by atoms with van der Waals surface area (Å²) in [6.45, 7) is 10.1. The van der Waals surface area contributed by atoms with E-state index in [-0.39, 0.29) is 35.6 Å². The van der Waals surface area contributed by atoms with Gasteiger partial charge in [0.25, 0.3) is 0 Å². The first-order valence-corrected chi connectivity index (χ1v) is 9.32. The molecular formula is C20H30FN3O2. The van der Waals surface area contributed by atoms with Gasteiger partial charge in [0, 0.05) is 38.1 Å². The van der Waals surface area contributed by atoms with Crippen molar-refractivity contribution in [1.29, 1.82) is 0 Å². The van der Waals surface area contributed by atoms with Crippen LogP contribution in [0.25, 0.3) is 0 Å². The summed E-state index contributed by atoms with van der Waals surface area (Å²) in [5.74, 6) is 0.0496. The predicted molar refractivity (Wildman–Crippen MR) is 99.9 cm³/mol. The van der Waals surface area contributed by atoms with Gasteiger partial charge in [-0.1, -0.05) is 26.0 Å². The standard InChI is InChI=1S/C20H30FN3O2/c1-14(2)18-12-23(13-19(25)22-15(3)4)10-9-20(26)24(18)11-16-5-7-17(21)8-6-16/h5-8,14-15,18H,9-13H2,1-4H3,(H,22,25)/t18-/m0/s1. The van der Waals surface area contributed by atoms with E-state index in [0.29, 0.717) is 32.6 Å². The van der Waals surface area contributed by atoms with E-state index >= 15 is 0 Å². The summed E-state index contributed by atoms with van der Waals surface area (Å²) in [6, 6.07) is 6.40. The number of nitrogens with one attached hydrogen (secondary N) is 1. The molecule has 26 heavy (non-hydrogen) atoms. The number of hydrogen-bond acceptors (Lipinski definition) is 3. The average Bonchev–Trinajstić information content (AvgIpc) is 2.69. The van der Waals surface area contributed by atoms with E-state index in [2.05, 4.69) is 24.1 Å². The van der Waals surface area contributed by atoms with Gasteiger partial charge in [-0.2, -0.15) is 0 Å². The lowest BCUT2D eigenvalue weighted by molar-refractivity contribution is -0.134. The Morgan fingerprint density at radius 2 is 1.88 bits per heavy atom. The minimum absolute atomic E-state index is 0.0121. The highest BCUT2D eigenvalue weighted by Crippen LogP contribution is 2.21. The molecule has 1 fully saturated rings. The lowest BCUT2D eigenvalue weighted by Gasteiger charge is -2.34. The Kier molecular flexibility index (Phi) is 7.14.